The van der Waals surface area contributed by atoms with Crippen molar-refractivity contribution in [1.29, 1.82) is 0 Å². The topological polar surface area (TPSA) is 59.0 Å². The number of nitrogens with one attached hydrogen (secondary N) is 2. The minimum Gasteiger partial charge on any atom is -0.348 e. The Morgan fingerprint density at radius 3 is 3.00 bits per heavy atom. The molecule has 1 aromatic heterocycles. The van der Waals surface area contributed by atoms with Crippen LogP contribution in [-0.2, 0) is 11.8 Å². The van der Waals surface area contributed by atoms with Gasteiger partial charge in [0.25, 0.3) is 0 Å². The molecule has 2 N–H and O–H groups in total. The lowest BCUT2D eigenvalue weighted by Crippen LogP contribution is -2.53. The van der Waals surface area contributed by atoms with Crippen molar-refractivity contribution in [3.05, 3.63) is 18.0 Å². The first-order valence-corrected chi connectivity index (χ1v) is 5.19. The number of hydrogen-bond donors (Lipinski definition) is 2. The van der Waals surface area contributed by atoms with Gasteiger partial charge in [-0.2, -0.15) is 5.10 Å². The molecule has 1 amide bonds. The largest absolute Gasteiger partial charge is 0.348 e. The first-order chi connectivity index (χ1) is 7.16. The summed E-state index contributed by atoms with van der Waals surface area (Å²) in [5.74, 6) is 0.0811. The van der Waals surface area contributed by atoms with Gasteiger partial charge in [-0.3, -0.25) is 9.48 Å². The molecule has 5 nitrogen and oxygen atoms in total. The summed E-state index contributed by atoms with van der Waals surface area (Å²) in [6.07, 6.45) is 4.63. The zero-order valence-electron chi connectivity index (χ0n) is 9.03. The van der Waals surface area contributed by atoms with Crippen LogP contribution in [0, 0.1) is 0 Å². The standard InChI is InChI=1S/C10H16N4O/c1-7(8-5-12-14(2)6-8)13-10(15)9-3-4-11-9/h5-7,9,11H,3-4H2,1-2H3,(H,13,15)/t7?,9-/m1/s1. The lowest BCUT2D eigenvalue weighted by Gasteiger charge is -2.27. The van der Waals surface area contributed by atoms with Crippen LogP contribution in [0.3, 0.4) is 0 Å². The molecule has 82 valence electrons. The van der Waals surface area contributed by atoms with Gasteiger partial charge in [-0.25, -0.2) is 0 Å². The molecule has 15 heavy (non-hydrogen) atoms. The Morgan fingerprint density at radius 1 is 1.80 bits per heavy atom. The molecule has 0 aromatic carbocycles. The van der Waals surface area contributed by atoms with E-state index in [9.17, 15) is 4.79 Å². The Hall–Kier alpha value is -1.36. The Morgan fingerprint density at radius 2 is 2.53 bits per heavy atom. The number of nitrogens with zero attached hydrogens (tertiary/aromatic N) is 2. The average Bonchev–Trinajstić information content (AvgIpc) is 2.48. The summed E-state index contributed by atoms with van der Waals surface area (Å²) in [5.41, 5.74) is 1.03. The van der Waals surface area contributed by atoms with Gasteiger partial charge in [-0.1, -0.05) is 0 Å². The third-order valence-electron chi connectivity index (χ3n) is 2.72. The van der Waals surface area contributed by atoms with Crippen LogP contribution in [0.1, 0.15) is 24.9 Å². The number of rotatable bonds is 3. The van der Waals surface area contributed by atoms with Crippen molar-refractivity contribution in [1.82, 2.24) is 20.4 Å². The van der Waals surface area contributed by atoms with E-state index in [1.54, 1.807) is 10.9 Å². The van der Waals surface area contributed by atoms with Crippen molar-refractivity contribution in [3.8, 4) is 0 Å². The van der Waals surface area contributed by atoms with E-state index in [0.29, 0.717) is 0 Å². The molecule has 1 unspecified atom stereocenters. The van der Waals surface area contributed by atoms with Gasteiger partial charge in [0.15, 0.2) is 0 Å². The molecular weight excluding hydrogens is 192 g/mol. The summed E-state index contributed by atoms with van der Waals surface area (Å²) >= 11 is 0. The lowest BCUT2D eigenvalue weighted by molar-refractivity contribution is -0.125. The van der Waals surface area contributed by atoms with Gasteiger partial charge >= 0.3 is 0 Å². The molecule has 1 aliphatic rings. The van der Waals surface area contributed by atoms with E-state index in [1.165, 1.54) is 0 Å². The maximum absolute atomic E-state index is 11.6. The van der Waals surface area contributed by atoms with Gasteiger partial charge in [-0.15, -0.1) is 0 Å². The smallest absolute Gasteiger partial charge is 0.237 e. The summed E-state index contributed by atoms with van der Waals surface area (Å²) in [6, 6.07) is 0.0257. The average molecular weight is 208 g/mol. The fourth-order valence-electron chi connectivity index (χ4n) is 1.57. The van der Waals surface area contributed by atoms with Crippen molar-refractivity contribution in [2.24, 2.45) is 7.05 Å². The van der Waals surface area contributed by atoms with Gasteiger partial charge in [0.1, 0.15) is 0 Å². The van der Waals surface area contributed by atoms with Crippen LogP contribution in [0.2, 0.25) is 0 Å². The highest BCUT2D eigenvalue weighted by Crippen LogP contribution is 2.11. The molecule has 1 fully saturated rings. The first-order valence-electron chi connectivity index (χ1n) is 5.19. The van der Waals surface area contributed by atoms with Crippen molar-refractivity contribution in [3.63, 3.8) is 0 Å². The third-order valence-corrected chi connectivity index (χ3v) is 2.72. The predicted octanol–water partition coefficient (Wildman–Crippen LogP) is -0.0408. The van der Waals surface area contributed by atoms with Crippen molar-refractivity contribution >= 4 is 5.91 Å². The van der Waals surface area contributed by atoms with Crippen LogP contribution in [0.4, 0.5) is 0 Å². The van der Waals surface area contributed by atoms with Crippen LogP contribution in [0.25, 0.3) is 0 Å². The SMILES string of the molecule is CC(NC(=O)[C@H]1CCN1)c1cnn(C)c1. The Balaban J connectivity index is 1.91. The number of hydrogen-bond acceptors (Lipinski definition) is 3. The van der Waals surface area contributed by atoms with Gasteiger partial charge < -0.3 is 10.6 Å². The molecular formula is C10H16N4O. The number of amides is 1. The van der Waals surface area contributed by atoms with Crippen molar-refractivity contribution in [2.75, 3.05) is 6.54 Å². The maximum atomic E-state index is 11.6. The molecule has 2 rings (SSSR count). The van der Waals surface area contributed by atoms with Crippen LogP contribution in [0.5, 0.6) is 0 Å². The highest BCUT2D eigenvalue weighted by Gasteiger charge is 2.25. The van der Waals surface area contributed by atoms with Crippen LogP contribution in [0.15, 0.2) is 12.4 Å². The summed E-state index contributed by atoms with van der Waals surface area (Å²) in [4.78, 5) is 11.6. The van der Waals surface area contributed by atoms with E-state index < -0.39 is 0 Å². The van der Waals surface area contributed by atoms with E-state index in [0.717, 1.165) is 18.5 Å². The number of aryl methyl sites for hydroxylation is 1. The first kappa shape index (κ1) is 10.2. The minimum atomic E-state index is 0.00382. The van der Waals surface area contributed by atoms with E-state index in [-0.39, 0.29) is 18.0 Å². The fraction of sp³-hybridized carbons (Fsp3) is 0.600. The summed E-state index contributed by atoms with van der Waals surface area (Å²) in [5, 5.41) is 10.1. The normalized spacial score (nSPS) is 21.9. The summed E-state index contributed by atoms with van der Waals surface area (Å²) in [7, 11) is 1.87. The summed E-state index contributed by atoms with van der Waals surface area (Å²) < 4.78 is 1.74. The van der Waals surface area contributed by atoms with Crippen LogP contribution < -0.4 is 10.6 Å². The molecule has 5 heteroatoms. The quantitative estimate of drug-likeness (QED) is 0.732. The lowest BCUT2D eigenvalue weighted by atomic mass is 10.1. The molecule has 0 radical (unpaired) electrons. The van der Waals surface area contributed by atoms with E-state index in [1.807, 2.05) is 20.2 Å². The second-order valence-electron chi connectivity index (χ2n) is 3.97. The Labute approximate surface area is 88.8 Å². The highest BCUT2D eigenvalue weighted by molar-refractivity contribution is 5.82. The monoisotopic (exact) mass is 208 g/mol. The van der Waals surface area contributed by atoms with Crippen LogP contribution >= 0.6 is 0 Å². The number of aromatic nitrogens is 2. The maximum Gasteiger partial charge on any atom is 0.237 e. The predicted molar refractivity (Wildman–Crippen MR) is 56.2 cm³/mol. The van der Waals surface area contributed by atoms with E-state index in [2.05, 4.69) is 15.7 Å². The van der Waals surface area contributed by atoms with Gasteiger partial charge in [0.05, 0.1) is 18.3 Å². The molecule has 0 bridgehead atoms. The van der Waals surface area contributed by atoms with Crippen LogP contribution in [-0.4, -0.2) is 28.3 Å². The van der Waals surface area contributed by atoms with Gasteiger partial charge in [-0.05, 0) is 19.9 Å². The fourth-order valence-corrected chi connectivity index (χ4v) is 1.57. The molecule has 0 saturated carbocycles. The number of carbonyl (C=O) groups is 1. The van der Waals surface area contributed by atoms with E-state index in [4.69, 9.17) is 0 Å². The molecule has 0 spiro atoms. The molecule has 2 heterocycles. The Kier molecular flexibility index (Phi) is 2.73. The highest BCUT2D eigenvalue weighted by atomic mass is 16.2. The minimum absolute atomic E-state index is 0.00382. The zero-order valence-corrected chi connectivity index (χ0v) is 9.03. The zero-order chi connectivity index (χ0) is 10.8. The van der Waals surface area contributed by atoms with E-state index >= 15 is 0 Å². The second-order valence-corrected chi connectivity index (χ2v) is 3.97. The summed E-state index contributed by atoms with van der Waals surface area (Å²) in [6.45, 7) is 2.91. The second kappa shape index (κ2) is 4.02. The third kappa shape index (κ3) is 2.18. The Bertz CT molecular complexity index is 356. The molecule has 1 saturated heterocycles. The molecule has 1 aliphatic heterocycles. The molecule has 0 aliphatic carbocycles. The van der Waals surface area contributed by atoms with Crippen molar-refractivity contribution in [2.45, 2.75) is 25.4 Å². The van der Waals surface area contributed by atoms with Gasteiger partial charge in [0, 0.05) is 18.8 Å². The molecule has 2 atom stereocenters. The van der Waals surface area contributed by atoms with Crippen molar-refractivity contribution < 1.29 is 4.79 Å². The number of carbonyl (C=O) groups excluding carboxylic acids is 1. The molecule has 1 aromatic rings. The van der Waals surface area contributed by atoms with Gasteiger partial charge in [0.2, 0.25) is 5.91 Å².